The van der Waals surface area contributed by atoms with Crippen LogP contribution in [0.1, 0.15) is 42.9 Å². The summed E-state index contributed by atoms with van der Waals surface area (Å²) in [6, 6.07) is 23.9. The molecule has 0 heterocycles. The average molecular weight is 629 g/mol. The van der Waals surface area contributed by atoms with Crippen LogP contribution < -0.4 is 9.62 Å². The van der Waals surface area contributed by atoms with E-state index in [1.165, 1.54) is 10.6 Å². The minimum Gasteiger partial charge on any atom is -0.354 e. The first kappa shape index (κ1) is 31.4. The van der Waals surface area contributed by atoms with Crippen molar-refractivity contribution in [3.63, 3.8) is 0 Å². The van der Waals surface area contributed by atoms with Crippen LogP contribution in [0.4, 0.5) is 5.69 Å². The number of nitrogens with one attached hydrogen (secondary N) is 1. The molecule has 0 aromatic heterocycles. The highest BCUT2D eigenvalue weighted by molar-refractivity contribution is 9.10. The average Bonchev–Trinajstić information content (AvgIpc) is 2.92. The predicted octanol–water partition coefficient (Wildman–Crippen LogP) is 5.47. The van der Waals surface area contributed by atoms with Crippen LogP contribution in [0, 0.1) is 6.92 Å². The summed E-state index contributed by atoms with van der Waals surface area (Å²) in [5, 5.41) is 2.98. The van der Waals surface area contributed by atoms with Crippen molar-refractivity contribution in [3.05, 3.63) is 100 Å². The largest absolute Gasteiger partial charge is 0.354 e. The molecular weight excluding hydrogens is 590 g/mol. The summed E-state index contributed by atoms with van der Waals surface area (Å²) in [7, 11) is -3.54. The fourth-order valence-electron chi connectivity index (χ4n) is 4.47. The van der Waals surface area contributed by atoms with Gasteiger partial charge in [0.1, 0.15) is 6.04 Å². The summed E-state index contributed by atoms with van der Waals surface area (Å²) >= 11 is 3.50. The predicted molar refractivity (Wildman–Crippen MR) is 165 cm³/mol. The zero-order valence-electron chi connectivity index (χ0n) is 23.3. The van der Waals surface area contributed by atoms with Gasteiger partial charge in [0, 0.05) is 36.9 Å². The van der Waals surface area contributed by atoms with Gasteiger partial charge in [0.05, 0.1) is 11.9 Å². The Morgan fingerprint density at radius 1 is 0.950 bits per heavy atom. The summed E-state index contributed by atoms with van der Waals surface area (Å²) in [6.07, 6.45) is 2.72. The molecule has 3 aromatic rings. The number of hydrogen-bond acceptors (Lipinski definition) is 4. The van der Waals surface area contributed by atoms with Gasteiger partial charge in [-0.15, -0.1) is 0 Å². The third kappa shape index (κ3) is 9.48. The highest BCUT2D eigenvalue weighted by Crippen LogP contribution is 2.21. The first-order valence-corrected chi connectivity index (χ1v) is 16.1. The first-order chi connectivity index (χ1) is 19.1. The Morgan fingerprint density at radius 2 is 1.62 bits per heavy atom. The van der Waals surface area contributed by atoms with Crippen LogP contribution >= 0.6 is 15.9 Å². The van der Waals surface area contributed by atoms with E-state index in [-0.39, 0.29) is 31.3 Å². The molecule has 0 radical (unpaired) electrons. The molecule has 0 bridgehead atoms. The van der Waals surface area contributed by atoms with Crippen molar-refractivity contribution in [2.24, 2.45) is 0 Å². The number of hydrogen-bond donors (Lipinski definition) is 1. The summed E-state index contributed by atoms with van der Waals surface area (Å²) in [5.41, 5.74) is 3.43. The lowest BCUT2D eigenvalue weighted by molar-refractivity contribution is -0.141. The molecule has 3 rings (SSSR count). The number of carbonyl (C=O) groups excluding carboxylic acids is 2. The van der Waals surface area contributed by atoms with Crippen LogP contribution in [-0.4, -0.2) is 50.5 Å². The van der Waals surface area contributed by atoms with Crippen molar-refractivity contribution in [1.29, 1.82) is 0 Å². The SMILES string of the molecule is CCCNC(=O)[C@H](Cc1ccccc1)N(Cc1cccc(Br)c1)C(=O)CCCN(c1ccc(C)cc1)S(C)(=O)=O. The lowest BCUT2D eigenvalue weighted by atomic mass is 10.0. The van der Waals surface area contributed by atoms with E-state index in [9.17, 15) is 18.0 Å². The Bertz CT molecular complexity index is 1360. The Hall–Kier alpha value is -3.17. The number of sulfonamides is 1. The molecule has 0 aliphatic carbocycles. The topological polar surface area (TPSA) is 86.8 Å². The summed E-state index contributed by atoms with van der Waals surface area (Å²) in [4.78, 5) is 28.9. The lowest BCUT2D eigenvalue weighted by Crippen LogP contribution is -2.50. The minimum atomic E-state index is -3.54. The number of halogens is 1. The number of benzene rings is 3. The number of amides is 2. The second-order valence-electron chi connectivity index (χ2n) is 9.92. The summed E-state index contributed by atoms with van der Waals surface area (Å²) in [6.45, 7) is 4.85. The van der Waals surface area contributed by atoms with Crippen LogP contribution in [0.15, 0.2) is 83.3 Å². The van der Waals surface area contributed by atoms with E-state index in [0.717, 1.165) is 27.6 Å². The van der Waals surface area contributed by atoms with Crippen molar-refractivity contribution in [3.8, 4) is 0 Å². The van der Waals surface area contributed by atoms with E-state index in [4.69, 9.17) is 0 Å². The zero-order chi connectivity index (χ0) is 29.1. The Kier molecular flexibility index (Phi) is 11.8. The molecule has 214 valence electrons. The van der Waals surface area contributed by atoms with Gasteiger partial charge in [-0.2, -0.15) is 0 Å². The number of carbonyl (C=O) groups is 2. The van der Waals surface area contributed by atoms with Crippen molar-refractivity contribution in [2.45, 2.75) is 52.1 Å². The summed E-state index contributed by atoms with van der Waals surface area (Å²) < 4.78 is 27.4. The smallest absolute Gasteiger partial charge is 0.243 e. The van der Waals surface area contributed by atoms with Gasteiger partial charge in [0.25, 0.3) is 0 Å². The Labute approximate surface area is 246 Å². The molecule has 40 heavy (non-hydrogen) atoms. The van der Waals surface area contributed by atoms with Gasteiger partial charge in [-0.1, -0.05) is 83.0 Å². The molecule has 0 fully saturated rings. The second-order valence-corrected chi connectivity index (χ2v) is 12.7. The normalized spacial score (nSPS) is 12.0. The van der Waals surface area contributed by atoms with E-state index in [0.29, 0.717) is 25.1 Å². The van der Waals surface area contributed by atoms with Gasteiger partial charge in [-0.05, 0) is 55.2 Å². The zero-order valence-corrected chi connectivity index (χ0v) is 25.7. The minimum absolute atomic E-state index is 0.0955. The van der Waals surface area contributed by atoms with Crippen LogP contribution in [-0.2, 0) is 32.6 Å². The van der Waals surface area contributed by atoms with E-state index < -0.39 is 16.1 Å². The van der Waals surface area contributed by atoms with Crippen LogP contribution in [0.5, 0.6) is 0 Å². The van der Waals surface area contributed by atoms with Gasteiger partial charge in [0.15, 0.2) is 0 Å². The second kappa shape index (κ2) is 15.0. The van der Waals surface area contributed by atoms with Crippen LogP contribution in [0.2, 0.25) is 0 Å². The fourth-order valence-corrected chi connectivity index (χ4v) is 5.88. The van der Waals surface area contributed by atoms with Crippen molar-refractivity contribution >= 4 is 43.5 Å². The first-order valence-electron chi connectivity index (χ1n) is 13.5. The molecule has 1 atom stereocenters. The highest BCUT2D eigenvalue weighted by atomic mass is 79.9. The number of nitrogens with zero attached hydrogens (tertiary/aromatic N) is 2. The molecule has 0 aliphatic heterocycles. The molecule has 9 heteroatoms. The van der Waals surface area contributed by atoms with Gasteiger partial charge in [0.2, 0.25) is 21.8 Å². The summed E-state index contributed by atoms with van der Waals surface area (Å²) in [5.74, 6) is -0.406. The molecular formula is C31H38BrN3O4S. The van der Waals surface area contributed by atoms with E-state index >= 15 is 0 Å². The van der Waals surface area contributed by atoms with Crippen LogP contribution in [0.3, 0.4) is 0 Å². The van der Waals surface area contributed by atoms with Gasteiger partial charge < -0.3 is 10.2 Å². The molecule has 0 aliphatic rings. The number of rotatable bonds is 14. The fraction of sp³-hybridized carbons (Fsp3) is 0.355. The van der Waals surface area contributed by atoms with E-state index in [2.05, 4.69) is 21.2 Å². The third-order valence-electron chi connectivity index (χ3n) is 6.54. The Morgan fingerprint density at radius 3 is 2.25 bits per heavy atom. The molecule has 2 amide bonds. The van der Waals surface area contributed by atoms with Crippen molar-refractivity contribution < 1.29 is 18.0 Å². The van der Waals surface area contributed by atoms with Gasteiger partial charge in [-0.3, -0.25) is 13.9 Å². The standard InChI is InChI=1S/C31H38BrN3O4S/c1-4-19-33-31(37)29(22-25-10-6-5-7-11-25)34(23-26-12-8-13-27(32)21-26)30(36)14-9-20-35(40(3,38)39)28-17-15-24(2)16-18-28/h5-8,10-13,15-18,21,29H,4,9,14,19-20,22-23H2,1-3H3,(H,33,37)/t29-/m0/s1. The van der Waals surface area contributed by atoms with Crippen molar-refractivity contribution in [1.82, 2.24) is 10.2 Å². The molecule has 0 spiro atoms. The molecule has 1 N–H and O–H groups in total. The van der Waals surface area contributed by atoms with Crippen molar-refractivity contribution in [2.75, 3.05) is 23.7 Å². The van der Waals surface area contributed by atoms with E-state index in [1.54, 1.807) is 17.0 Å². The molecule has 7 nitrogen and oxygen atoms in total. The Balaban J connectivity index is 1.86. The lowest BCUT2D eigenvalue weighted by Gasteiger charge is -2.32. The molecule has 0 saturated carbocycles. The molecule has 0 saturated heterocycles. The number of aryl methyl sites for hydroxylation is 1. The quantitative estimate of drug-likeness (QED) is 0.257. The maximum absolute atomic E-state index is 13.8. The maximum Gasteiger partial charge on any atom is 0.243 e. The molecule has 0 unspecified atom stereocenters. The van der Waals surface area contributed by atoms with Gasteiger partial charge in [-0.25, -0.2) is 8.42 Å². The maximum atomic E-state index is 13.8. The van der Waals surface area contributed by atoms with Gasteiger partial charge >= 0.3 is 0 Å². The molecule has 3 aromatic carbocycles. The highest BCUT2D eigenvalue weighted by Gasteiger charge is 2.30. The van der Waals surface area contributed by atoms with E-state index in [1.807, 2.05) is 80.6 Å². The number of anilines is 1. The monoisotopic (exact) mass is 627 g/mol. The van der Waals surface area contributed by atoms with Crippen LogP contribution in [0.25, 0.3) is 0 Å². The third-order valence-corrected chi connectivity index (χ3v) is 8.22.